The molecule has 102 valence electrons. The van der Waals surface area contributed by atoms with Crippen molar-refractivity contribution in [2.45, 2.75) is 36.7 Å². The van der Waals surface area contributed by atoms with Crippen molar-refractivity contribution in [3.05, 3.63) is 24.0 Å². The number of hydrogen-bond donors (Lipinski definition) is 1. The van der Waals surface area contributed by atoms with Crippen molar-refractivity contribution >= 4 is 34.1 Å². The van der Waals surface area contributed by atoms with E-state index in [4.69, 9.17) is 4.42 Å². The molecule has 5 nitrogen and oxygen atoms in total. The molecule has 1 unspecified atom stereocenters. The molecule has 0 aromatic carbocycles. The van der Waals surface area contributed by atoms with Gasteiger partial charge in [-0.05, 0) is 6.92 Å². The van der Waals surface area contributed by atoms with Gasteiger partial charge in [0, 0.05) is 13.3 Å². The molecule has 0 bridgehead atoms. The molecule has 0 radical (unpaired) electrons. The fourth-order valence-electron chi connectivity index (χ4n) is 1.42. The van der Waals surface area contributed by atoms with Gasteiger partial charge in [0.25, 0.3) is 0 Å². The fourth-order valence-corrected chi connectivity index (χ4v) is 3.55. The predicted octanol–water partition coefficient (Wildman–Crippen LogP) is 3.51. The van der Waals surface area contributed by atoms with Crippen molar-refractivity contribution < 1.29 is 9.21 Å². The number of aryl methyl sites for hydroxylation is 1. The lowest BCUT2D eigenvalue weighted by atomic mass is 10.4. The number of carbonyl (C=O) groups is 1. The van der Waals surface area contributed by atoms with Crippen LogP contribution in [0.15, 0.2) is 21.0 Å². The molecule has 0 spiro atoms. The van der Waals surface area contributed by atoms with Crippen LogP contribution >= 0.6 is 23.1 Å². The van der Waals surface area contributed by atoms with Gasteiger partial charge in [0.1, 0.15) is 5.76 Å². The zero-order valence-corrected chi connectivity index (χ0v) is 12.6. The maximum absolute atomic E-state index is 10.9. The minimum atomic E-state index is -0.112. The van der Waals surface area contributed by atoms with Gasteiger partial charge in [0.15, 0.2) is 5.13 Å². The van der Waals surface area contributed by atoms with Crippen LogP contribution in [0.4, 0.5) is 5.13 Å². The van der Waals surface area contributed by atoms with Gasteiger partial charge in [0.05, 0.1) is 21.9 Å². The van der Waals surface area contributed by atoms with E-state index in [0.29, 0.717) is 5.13 Å². The number of carbonyl (C=O) groups excluding carboxylic acids is 1. The Morgan fingerprint density at radius 1 is 1.53 bits per heavy atom. The molecule has 2 aromatic rings. The number of thioether (sulfide) groups is 1. The third kappa shape index (κ3) is 3.81. The van der Waals surface area contributed by atoms with E-state index < -0.39 is 0 Å². The highest BCUT2D eigenvalue weighted by atomic mass is 32.2. The lowest BCUT2D eigenvalue weighted by Gasteiger charge is -2.03. The molecule has 1 atom stereocenters. The van der Waals surface area contributed by atoms with Gasteiger partial charge < -0.3 is 9.73 Å². The molecule has 0 aliphatic rings. The first-order valence-corrected chi connectivity index (χ1v) is 7.62. The van der Waals surface area contributed by atoms with E-state index >= 15 is 0 Å². The summed E-state index contributed by atoms with van der Waals surface area (Å²) < 4.78 is 6.64. The highest BCUT2D eigenvalue weighted by Crippen LogP contribution is 2.38. The third-order valence-corrected chi connectivity index (χ3v) is 4.47. The van der Waals surface area contributed by atoms with Gasteiger partial charge in [0.2, 0.25) is 11.8 Å². The maximum Gasteiger partial charge on any atom is 0.223 e. The first-order chi connectivity index (χ1) is 9.08. The Morgan fingerprint density at radius 3 is 2.95 bits per heavy atom. The number of amides is 1. The zero-order valence-electron chi connectivity index (χ0n) is 11.0. The van der Waals surface area contributed by atoms with Crippen LogP contribution in [0.5, 0.6) is 0 Å². The zero-order chi connectivity index (χ0) is 13.8. The summed E-state index contributed by atoms with van der Waals surface area (Å²) in [4.78, 5) is 19.3. The fraction of sp³-hybridized carbons (Fsp3) is 0.417. The number of nitrogens with zero attached hydrogens (tertiary/aromatic N) is 2. The second-order valence-corrected chi connectivity index (χ2v) is 6.62. The van der Waals surface area contributed by atoms with E-state index in [2.05, 4.69) is 15.3 Å². The molecule has 0 saturated heterocycles. The Balaban J connectivity index is 2.00. The van der Waals surface area contributed by atoms with Crippen molar-refractivity contribution in [1.29, 1.82) is 0 Å². The molecular formula is C12H15N3O2S2. The Morgan fingerprint density at radius 2 is 2.32 bits per heavy atom. The molecular weight excluding hydrogens is 282 g/mol. The molecule has 19 heavy (non-hydrogen) atoms. The van der Waals surface area contributed by atoms with Crippen LogP contribution in [0.2, 0.25) is 0 Å². The molecule has 0 saturated carbocycles. The number of rotatable bonds is 5. The molecule has 0 aliphatic carbocycles. The Kier molecular flexibility index (Phi) is 4.60. The van der Waals surface area contributed by atoms with Crippen molar-refractivity contribution in [3.63, 3.8) is 0 Å². The van der Waals surface area contributed by atoms with E-state index in [9.17, 15) is 4.79 Å². The van der Waals surface area contributed by atoms with Crippen LogP contribution in [-0.2, 0) is 11.2 Å². The minimum absolute atomic E-state index is 0.112. The van der Waals surface area contributed by atoms with Gasteiger partial charge in [-0.15, -0.1) is 11.8 Å². The van der Waals surface area contributed by atoms with E-state index in [0.717, 1.165) is 22.3 Å². The molecule has 2 heterocycles. The smallest absolute Gasteiger partial charge is 0.223 e. The number of nitrogens with one attached hydrogen (secondary N) is 1. The number of anilines is 1. The van der Waals surface area contributed by atoms with Crippen molar-refractivity contribution in [1.82, 2.24) is 9.97 Å². The predicted molar refractivity (Wildman–Crippen MR) is 76.6 cm³/mol. The monoisotopic (exact) mass is 297 g/mol. The van der Waals surface area contributed by atoms with Crippen LogP contribution in [0.1, 0.15) is 37.7 Å². The van der Waals surface area contributed by atoms with Gasteiger partial charge in [-0.25, -0.2) is 9.97 Å². The summed E-state index contributed by atoms with van der Waals surface area (Å²) in [6.45, 7) is 5.54. The Labute approximate surface area is 119 Å². The standard InChI is InChI=1S/C12H15N3O2S2/c1-4-9-5-13-11(17-9)7(2)18-10-6-14-12(19-10)15-8(3)16/h5-7H,4H2,1-3H3,(H,14,15,16). The highest BCUT2D eigenvalue weighted by molar-refractivity contribution is 8.01. The van der Waals surface area contributed by atoms with Crippen molar-refractivity contribution in [2.24, 2.45) is 0 Å². The van der Waals surface area contributed by atoms with Crippen LogP contribution in [0.25, 0.3) is 0 Å². The van der Waals surface area contributed by atoms with E-state index in [1.165, 1.54) is 18.3 Å². The Bertz CT molecular complexity index is 565. The number of thiazole rings is 1. The van der Waals surface area contributed by atoms with Crippen LogP contribution in [-0.4, -0.2) is 15.9 Å². The lowest BCUT2D eigenvalue weighted by molar-refractivity contribution is -0.114. The first-order valence-electron chi connectivity index (χ1n) is 5.93. The summed E-state index contributed by atoms with van der Waals surface area (Å²) in [7, 11) is 0. The summed E-state index contributed by atoms with van der Waals surface area (Å²) >= 11 is 3.06. The SMILES string of the molecule is CCc1cnc(C(C)Sc2cnc(NC(C)=O)s2)o1. The average molecular weight is 297 g/mol. The van der Waals surface area contributed by atoms with Gasteiger partial charge >= 0.3 is 0 Å². The molecule has 0 aliphatic heterocycles. The molecule has 0 fully saturated rings. The number of oxazole rings is 1. The first kappa shape index (κ1) is 14.1. The topological polar surface area (TPSA) is 68.0 Å². The largest absolute Gasteiger partial charge is 0.445 e. The molecule has 2 aromatic heterocycles. The Hall–Kier alpha value is -1.34. The minimum Gasteiger partial charge on any atom is -0.445 e. The number of aromatic nitrogens is 2. The normalized spacial score (nSPS) is 12.4. The lowest BCUT2D eigenvalue weighted by Crippen LogP contribution is -2.04. The molecule has 7 heteroatoms. The third-order valence-electron chi connectivity index (χ3n) is 2.33. The van der Waals surface area contributed by atoms with Crippen molar-refractivity contribution in [2.75, 3.05) is 5.32 Å². The summed E-state index contributed by atoms with van der Waals surface area (Å²) in [5.74, 6) is 1.50. The van der Waals surface area contributed by atoms with Gasteiger partial charge in [-0.3, -0.25) is 4.79 Å². The maximum atomic E-state index is 10.9. The average Bonchev–Trinajstić information content (AvgIpc) is 2.97. The molecule has 2 rings (SSSR count). The van der Waals surface area contributed by atoms with E-state index in [-0.39, 0.29) is 11.2 Å². The van der Waals surface area contributed by atoms with Crippen molar-refractivity contribution in [3.8, 4) is 0 Å². The molecule has 1 N–H and O–H groups in total. The van der Waals surface area contributed by atoms with Gasteiger partial charge in [-0.1, -0.05) is 18.3 Å². The number of hydrogen-bond acceptors (Lipinski definition) is 6. The second-order valence-electron chi connectivity index (χ2n) is 3.94. The van der Waals surface area contributed by atoms with Crippen LogP contribution < -0.4 is 5.32 Å². The second kappa shape index (κ2) is 6.21. The summed E-state index contributed by atoms with van der Waals surface area (Å²) in [6.07, 6.45) is 4.36. The summed E-state index contributed by atoms with van der Waals surface area (Å²) in [5, 5.41) is 3.40. The summed E-state index contributed by atoms with van der Waals surface area (Å²) in [6, 6.07) is 0. The van der Waals surface area contributed by atoms with Crippen LogP contribution in [0, 0.1) is 0 Å². The van der Waals surface area contributed by atoms with Gasteiger partial charge in [-0.2, -0.15) is 0 Å². The van der Waals surface area contributed by atoms with E-state index in [1.807, 2.05) is 13.8 Å². The highest BCUT2D eigenvalue weighted by Gasteiger charge is 2.15. The molecule has 1 amide bonds. The summed E-state index contributed by atoms with van der Waals surface area (Å²) in [5.41, 5.74) is 0. The van der Waals surface area contributed by atoms with Crippen LogP contribution in [0.3, 0.4) is 0 Å². The quantitative estimate of drug-likeness (QED) is 0.855. The van der Waals surface area contributed by atoms with E-state index in [1.54, 1.807) is 24.2 Å².